The Morgan fingerprint density at radius 1 is 0.750 bits per heavy atom. The van der Waals surface area contributed by atoms with Crippen LogP contribution in [0.15, 0.2) is 36.4 Å². The molecular formula is C21H19F13O2. The number of unbranched alkanes of at least 4 members (excludes halogenated alkanes) is 1. The predicted octanol–water partition coefficient (Wildman–Crippen LogP) is 7.76. The number of benzene rings is 1. The quantitative estimate of drug-likeness (QED) is 0.151. The van der Waals surface area contributed by atoms with Crippen LogP contribution in [-0.4, -0.2) is 41.8 Å². The minimum Gasteiger partial charge on any atom is -0.458 e. The van der Waals surface area contributed by atoms with Crippen molar-refractivity contribution >= 4 is 5.97 Å². The predicted molar refractivity (Wildman–Crippen MR) is 99.4 cm³/mol. The second-order valence-electron chi connectivity index (χ2n) is 7.62. The van der Waals surface area contributed by atoms with E-state index in [1.807, 2.05) is 6.92 Å². The van der Waals surface area contributed by atoms with Crippen LogP contribution in [0.1, 0.15) is 37.3 Å². The van der Waals surface area contributed by atoms with Crippen molar-refractivity contribution in [2.45, 2.75) is 75.0 Å². The molecule has 0 fully saturated rings. The molecule has 0 saturated carbocycles. The van der Waals surface area contributed by atoms with Crippen LogP contribution >= 0.6 is 0 Å². The Labute approximate surface area is 196 Å². The maximum absolute atomic E-state index is 13.9. The van der Waals surface area contributed by atoms with Crippen molar-refractivity contribution in [3.05, 3.63) is 47.5 Å². The lowest BCUT2D eigenvalue weighted by Gasteiger charge is -2.39. The molecule has 206 valence electrons. The molecule has 36 heavy (non-hydrogen) atoms. The van der Waals surface area contributed by atoms with Crippen LogP contribution in [0.25, 0.3) is 0 Å². The summed E-state index contributed by atoms with van der Waals surface area (Å²) in [7, 11) is 0. The van der Waals surface area contributed by atoms with Crippen molar-refractivity contribution in [1.82, 2.24) is 0 Å². The first kappa shape index (κ1) is 31.5. The summed E-state index contributed by atoms with van der Waals surface area (Å²) in [5.41, 5.74) is 0.0488. The number of rotatable bonds is 12. The van der Waals surface area contributed by atoms with Gasteiger partial charge >= 0.3 is 41.8 Å². The van der Waals surface area contributed by atoms with Crippen LogP contribution < -0.4 is 0 Å². The zero-order valence-corrected chi connectivity index (χ0v) is 18.2. The molecule has 0 spiro atoms. The third-order valence-corrected chi connectivity index (χ3v) is 4.84. The number of esters is 1. The molecule has 0 radical (unpaired) electrons. The van der Waals surface area contributed by atoms with E-state index in [-0.39, 0.29) is 17.7 Å². The van der Waals surface area contributed by atoms with Crippen LogP contribution in [0, 0.1) is 0 Å². The van der Waals surface area contributed by atoms with Gasteiger partial charge in [0.05, 0.1) is 0 Å². The van der Waals surface area contributed by atoms with Gasteiger partial charge in [-0.3, -0.25) is 0 Å². The fourth-order valence-electron chi connectivity index (χ4n) is 2.61. The third-order valence-electron chi connectivity index (χ3n) is 4.84. The SMILES string of the molecule is CCC/C=C/C(=O)OCc1ccc(CCC(F)(F)C(F)(F)C(F)(F)C(F)(F)C(F)(F)C(F)(F)F)cc1. The van der Waals surface area contributed by atoms with E-state index in [0.717, 1.165) is 24.6 Å². The van der Waals surface area contributed by atoms with Gasteiger partial charge in [-0.25, -0.2) is 4.79 Å². The number of carbonyl (C=O) groups excluding carboxylic acids is 1. The van der Waals surface area contributed by atoms with Crippen molar-refractivity contribution < 1.29 is 66.6 Å². The molecule has 0 saturated heterocycles. The van der Waals surface area contributed by atoms with Crippen LogP contribution in [0.4, 0.5) is 57.1 Å². The summed E-state index contributed by atoms with van der Waals surface area (Å²) in [6.45, 7) is 1.57. The summed E-state index contributed by atoms with van der Waals surface area (Å²) in [5.74, 6) is -37.6. The summed E-state index contributed by atoms with van der Waals surface area (Å²) >= 11 is 0. The van der Waals surface area contributed by atoms with Gasteiger partial charge in [-0.15, -0.1) is 0 Å². The molecule has 0 amide bonds. The van der Waals surface area contributed by atoms with Crippen LogP contribution in [0.3, 0.4) is 0 Å². The molecule has 0 aliphatic carbocycles. The van der Waals surface area contributed by atoms with Gasteiger partial charge in [0.15, 0.2) is 0 Å². The number of allylic oxidation sites excluding steroid dienone is 1. The Morgan fingerprint density at radius 2 is 1.22 bits per heavy atom. The molecule has 0 N–H and O–H groups in total. The van der Waals surface area contributed by atoms with Gasteiger partial charge in [-0.2, -0.15) is 57.1 Å². The molecule has 0 aliphatic rings. The molecule has 0 aromatic heterocycles. The van der Waals surface area contributed by atoms with Crippen molar-refractivity contribution in [3.8, 4) is 0 Å². The van der Waals surface area contributed by atoms with Gasteiger partial charge < -0.3 is 4.74 Å². The third kappa shape index (κ3) is 6.25. The topological polar surface area (TPSA) is 26.3 Å². The van der Waals surface area contributed by atoms with Crippen molar-refractivity contribution in [1.29, 1.82) is 0 Å². The smallest absolute Gasteiger partial charge is 0.458 e. The highest BCUT2D eigenvalue weighted by molar-refractivity contribution is 5.81. The summed E-state index contributed by atoms with van der Waals surface area (Å²) in [6, 6.07) is 4.35. The fourth-order valence-corrected chi connectivity index (χ4v) is 2.61. The number of carbonyl (C=O) groups is 1. The van der Waals surface area contributed by atoms with E-state index in [1.165, 1.54) is 12.1 Å². The molecule has 0 atom stereocenters. The average Bonchev–Trinajstić information content (AvgIpc) is 2.76. The van der Waals surface area contributed by atoms with Gasteiger partial charge in [0.2, 0.25) is 0 Å². The summed E-state index contributed by atoms with van der Waals surface area (Å²) < 4.78 is 175. The molecule has 1 aromatic rings. The van der Waals surface area contributed by atoms with Crippen molar-refractivity contribution in [3.63, 3.8) is 0 Å². The Hall–Kier alpha value is -2.48. The van der Waals surface area contributed by atoms with Crippen molar-refractivity contribution in [2.75, 3.05) is 0 Å². The van der Waals surface area contributed by atoms with Gasteiger partial charge in [-0.05, 0) is 24.0 Å². The largest absolute Gasteiger partial charge is 0.460 e. The van der Waals surface area contributed by atoms with Gasteiger partial charge in [0.25, 0.3) is 0 Å². The lowest BCUT2D eigenvalue weighted by molar-refractivity contribution is -0.440. The van der Waals surface area contributed by atoms with E-state index in [0.29, 0.717) is 6.42 Å². The molecule has 0 unspecified atom stereocenters. The van der Waals surface area contributed by atoms with E-state index < -0.39 is 54.6 Å². The number of halogens is 13. The lowest BCUT2D eigenvalue weighted by Crippen LogP contribution is -2.70. The van der Waals surface area contributed by atoms with Gasteiger partial charge in [0, 0.05) is 12.5 Å². The highest BCUT2D eigenvalue weighted by Gasteiger charge is 2.90. The Kier molecular flexibility index (Phi) is 9.53. The molecule has 2 nitrogen and oxygen atoms in total. The standard InChI is InChI=1S/C21H19F13O2/c1-2-3-4-5-15(35)36-12-14-8-6-13(7-9-14)10-11-16(22,23)17(24,25)18(26,27)19(28,29)20(30,31)21(32,33)34/h4-9H,2-3,10-12H2,1H3/b5-4+. The molecular weight excluding hydrogens is 531 g/mol. The zero-order chi connectivity index (χ0) is 28.2. The average molecular weight is 550 g/mol. The maximum Gasteiger partial charge on any atom is 0.460 e. The fraction of sp³-hybridized carbons (Fsp3) is 0.571. The van der Waals surface area contributed by atoms with Gasteiger partial charge in [0.1, 0.15) is 6.61 Å². The van der Waals surface area contributed by atoms with E-state index >= 15 is 0 Å². The highest BCUT2D eigenvalue weighted by atomic mass is 19.4. The molecule has 1 rings (SSSR count). The zero-order valence-electron chi connectivity index (χ0n) is 18.2. The lowest BCUT2D eigenvalue weighted by atomic mass is 9.91. The maximum atomic E-state index is 13.9. The number of alkyl halides is 13. The molecule has 15 heteroatoms. The Morgan fingerprint density at radius 3 is 1.69 bits per heavy atom. The Bertz CT molecular complexity index is 903. The second-order valence-corrected chi connectivity index (χ2v) is 7.62. The summed E-state index contributed by atoms with van der Waals surface area (Å²) in [4.78, 5) is 11.4. The summed E-state index contributed by atoms with van der Waals surface area (Å²) in [5, 5.41) is 0. The highest BCUT2D eigenvalue weighted by Crippen LogP contribution is 2.60. The first-order valence-corrected chi connectivity index (χ1v) is 10.0. The first-order valence-electron chi connectivity index (χ1n) is 10.0. The first-order chi connectivity index (χ1) is 16.2. The molecule has 0 bridgehead atoms. The van der Waals surface area contributed by atoms with Crippen LogP contribution in [0.5, 0.6) is 0 Å². The van der Waals surface area contributed by atoms with Crippen LogP contribution in [0.2, 0.25) is 0 Å². The van der Waals surface area contributed by atoms with E-state index in [2.05, 4.69) is 0 Å². The Balaban J connectivity index is 2.95. The number of ether oxygens (including phenoxy) is 1. The minimum atomic E-state index is -7.91. The number of aryl methyl sites for hydroxylation is 1. The second kappa shape index (κ2) is 10.9. The molecule has 1 aromatic carbocycles. The van der Waals surface area contributed by atoms with Crippen molar-refractivity contribution in [2.24, 2.45) is 0 Å². The van der Waals surface area contributed by atoms with E-state index in [1.54, 1.807) is 6.08 Å². The molecule has 0 heterocycles. The molecule has 0 aliphatic heterocycles. The normalized spacial score (nSPS) is 14.4. The van der Waals surface area contributed by atoms with Gasteiger partial charge in [-0.1, -0.05) is 43.7 Å². The number of hydrogen-bond acceptors (Lipinski definition) is 2. The van der Waals surface area contributed by atoms with E-state index in [9.17, 15) is 61.9 Å². The monoisotopic (exact) mass is 550 g/mol. The number of hydrogen-bond donors (Lipinski definition) is 0. The van der Waals surface area contributed by atoms with E-state index in [4.69, 9.17) is 4.74 Å². The minimum absolute atomic E-state index is 0.237. The van der Waals surface area contributed by atoms with Crippen LogP contribution in [-0.2, 0) is 22.6 Å². The summed E-state index contributed by atoms with van der Waals surface area (Å²) in [6.07, 6.45) is -6.83.